The third-order valence-electron chi connectivity index (χ3n) is 2.65. The minimum Gasteiger partial charge on any atom is -0.398 e. The van der Waals surface area contributed by atoms with Crippen molar-refractivity contribution in [3.63, 3.8) is 0 Å². The highest BCUT2D eigenvalue weighted by atomic mass is 35.5. The van der Waals surface area contributed by atoms with Crippen LogP contribution in [0.25, 0.3) is 0 Å². The number of nitrogens with two attached hydrogens (primary N) is 1. The molecule has 1 aromatic carbocycles. The molecule has 0 unspecified atom stereocenters. The molecular formula is C12H18ClN3O4S. The molecular weight excluding hydrogens is 318 g/mol. The topological polar surface area (TPSA) is 102 Å². The van der Waals surface area contributed by atoms with E-state index in [-0.39, 0.29) is 17.1 Å². The third kappa shape index (κ3) is 4.85. The second-order valence-corrected chi connectivity index (χ2v) is 6.74. The zero-order chi connectivity index (χ0) is 16.0. The summed E-state index contributed by atoms with van der Waals surface area (Å²) in [5.41, 5.74) is 5.70. The summed E-state index contributed by atoms with van der Waals surface area (Å²) in [5.74, 6) is -0.425. The third-order valence-corrected chi connectivity index (χ3v) is 4.77. The monoisotopic (exact) mass is 335 g/mol. The molecule has 0 atom stereocenters. The van der Waals surface area contributed by atoms with Crippen LogP contribution in [0.1, 0.15) is 0 Å². The lowest BCUT2D eigenvalue weighted by Crippen LogP contribution is -2.39. The lowest BCUT2D eigenvalue weighted by atomic mass is 10.3. The molecule has 0 heterocycles. The molecule has 0 aromatic heterocycles. The standard InChI is InChI=1S/C12H18ClN3O4S/c1-16(8-12(17)15-5-6-20-2)21(18,19)11-4-3-9(13)7-10(11)14/h3-4,7H,5-6,8,14H2,1-2H3,(H,15,17). The van der Waals surface area contributed by atoms with Crippen molar-refractivity contribution in [1.82, 2.24) is 9.62 Å². The molecule has 3 N–H and O–H groups in total. The van der Waals surface area contributed by atoms with Crippen molar-refractivity contribution in [3.05, 3.63) is 23.2 Å². The smallest absolute Gasteiger partial charge is 0.245 e. The predicted molar refractivity (Wildman–Crippen MR) is 80.6 cm³/mol. The highest BCUT2D eigenvalue weighted by Crippen LogP contribution is 2.24. The minimum atomic E-state index is -3.85. The summed E-state index contributed by atoms with van der Waals surface area (Å²) in [6, 6.07) is 4.09. The number of nitrogens with zero attached hydrogens (tertiary/aromatic N) is 1. The molecule has 9 heteroatoms. The Bertz CT molecular complexity index is 607. The summed E-state index contributed by atoms with van der Waals surface area (Å²) in [7, 11) is -1.04. The Labute approximate surface area is 129 Å². The Balaban J connectivity index is 2.80. The average molecular weight is 336 g/mol. The molecule has 0 radical (unpaired) electrons. The van der Waals surface area contributed by atoms with Crippen LogP contribution in [0.15, 0.2) is 23.1 Å². The first-order valence-electron chi connectivity index (χ1n) is 6.06. The summed E-state index contributed by atoms with van der Waals surface area (Å²) in [5, 5.41) is 2.88. The molecule has 0 aliphatic rings. The fraction of sp³-hybridized carbons (Fsp3) is 0.417. The number of carbonyl (C=O) groups excluding carboxylic acids is 1. The van der Waals surface area contributed by atoms with Crippen LogP contribution < -0.4 is 11.1 Å². The Morgan fingerprint density at radius 3 is 2.71 bits per heavy atom. The quantitative estimate of drug-likeness (QED) is 0.551. The summed E-state index contributed by atoms with van der Waals surface area (Å²) in [6.07, 6.45) is 0. The highest BCUT2D eigenvalue weighted by Gasteiger charge is 2.25. The van der Waals surface area contributed by atoms with Gasteiger partial charge in [-0.3, -0.25) is 4.79 Å². The average Bonchev–Trinajstić information content (AvgIpc) is 2.38. The number of benzene rings is 1. The van der Waals surface area contributed by atoms with Crippen molar-refractivity contribution < 1.29 is 17.9 Å². The molecule has 0 saturated heterocycles. The van der Waals surface area contributed by atoms with Crippen molar-refractivity contribution >= 4 is 33.2 Å². The van der Waals surface area contributed by atoms with Gasteiger partial charge in [-0.25, -0.2) is 8.42 Å². The number of amides is 1. The van der Waals surface area contributed by atoms with Crippen molar-refractivity contribution in [2.75, 3.05) is 39.6 Å². The van der Waals surface area contributed by atoms with E-state index in [0.29, 0.717) is 18.2 Å². The van der Waals surface area contributed by atoms with E-state index in [1.165, 1.54) is 32.4 Å². The lowest BCUT2D eigenvalue weighted by Gasteiger charge is -2.18. The molecule has 0 aliphatic heterocycles. The number of likely N-dealkylation sites (N-methyl/N-ethyl adjacent to an activating group) is 1. The van der Waals surface area contributed by atoms with Crippen LogP contribution in [-0.2, 0) is 19.6 Å². The van der Waals surface area contributed by atoms with E-state index in [1.54, 1.807) is 0 Å². The van der Waals surface area contributed by atoms with Crippen molar-refractivity contribution in [1.29, 1.82) is 0 Å². The largest absolute Gasteiger partial charge is 0.398 e. The maximum absolute atomic E-state index is 12.3. The zero-order valence-corrected chi connectivity index (χ0v) is 13.4. The normalized spacial score (nSPS) is 11.6. The molecule has 0 aliphatic carbocycles. The van der Waals surface area contributed by atoms with Gasteiger partial charge in [0.2, 0.25) is 15.9 Å². The van der Waals surface area contributed by atoms with E-state index in [0.717, 1.165) is 4.31 Å². The number of sulfonamides is 1. The second-order valence-electron chi connectivity index (χ2n) is 4.29. The Hall–Kier alpha value is -1.35. The number of nitrogen functional groups attached to an aromatic ring is 1. The second kappa shape index (κ2) is 7.60. The van der Waals surface area contributed by atoms with E-state index < -0.39 is 15.9 Å². The van der Waals surface area contributed by atoms with E-state index in [1.807, 2.05) is 0 Å². The maximum Gasteiger partial charge on any atom is 0.245 e. The minimum absolute atomic E-state index is 0.0362. The number of ether oxygens (including phenoxy) is 1. The molecule has 0 fully saturated rings. The van der Waals surface area contributed by atoms with Crippen LogP contribution in [-0.4, -0.2) is 52.5 Å². The number of carbonyl (C=O) groups is 1. The molecule has 1 rings (SSSR count). The van der Waals surface area contributed by atoms with Gasteiger partial charge >= 0.3 is 0 Å². The van der Waals surface area contributed by atoms with Crippen LogP contribution >= 0.6 is 11.6 Å². The van der Waals surface area contributed by atoms with Gasteiger partial charge in [-0.1, -0.05) is 11.6 Å². The Morgan fingerprint density at radius 1 is 1.48 bits per heavy atom. The van der Waals surface area contributed by atoms with E-state index in [4.69, 9.17) is 22.1 Å². The first-order valence-corrected chi connectivity index (χ1v) is 7.88. The number of methoxy groups -OCH3 is 1. The number of nitrogens with one attached hydrogen (secondary N) is 1. The molecule has 7 nitrogen and oxygen atoms in total. The van der Waals surface area contributed by atoms with Gasteiger partial charge in [-0.2, -0.15) is 4.31 Å². The zero-order valence-electron chi connectivity index (χ0n) is 11.8. The molecule has 118 valence electrons. The molecule has 1 amide bonds. The van der Waals surface area contributed by atoms with Gasteiger partial charge in [0.1, 0.15) is 4.90 Å². The fourth-order valence-electron chi connectivity index (χ4n) is 1.56. The summed E-state index contributed by atoms with van der Waals surface area (Å²) >= 11 is 5.74. The van der Waals surface area contributed by atoms with E-state index in [9.17, 15) is 13.2 Å². The summed E-state index contributed by atoms with van der Waals surface area (Å²) in [4.78, 5) is 11.5. The first-order chi connectivity index (χ1) is 9.78. The van der Waals surface area contributed by atoms with Gasteiger partial charge in [0.25, 0.3) is 0 Å². The van der Waals surface area contributed by atoms with Gasteiger partial charge in [0.05, 0.1) is 18.8 Å². The van der Waals surface area contributed by atoms with Gasteiger partial charge in [-0.05, 0) is 18.2 Å². The van der Waals surface area contributed by atoms with Gasteiger partial charge in [0, 0.05) is 25.7 Å². The van der Waals surface area contributed by atoms with E-state index in [2.05, 4.69) is 5.32 Å². The van der Waals surface area contributed by atoms with Gasteiger partial charge < -0.3 is 15.8 Å². The van der Waals surface area contributed by atoms with Crippen molar-refractivity contribution in [3.8, 4) is 0 Å². The molecule has 21 heavy (non-hydrogen) atoms. The maximum atomic E-state index is 12.3. The number of halogens is 1. The fourth-order valence-corrected chi connectivity index (χ4v) is 2.96. The summed E-state index contributed by atoms with van der Waals surface area (Å²) < 4.78 is 30.4. The Morgan fingerprint density at radius 2 is 2.14 bits per heavy atom. The van der Waals surface area contributed by atoms with Crippen LogP contribution in [0, 0.1) is 0 Å². The van der Waals surface area contributed by atoms with E-state index >= 15 is 0 Å². The van der Waals surface area contributed by atoms with Crippen LogP contribution in [0.5, 0.6) is 0 Å². The van der Waals surface area contributed by atoms with Crippen LogP contribution in [0.2, 0.25) is 5.02 Å². The van der Waals surface area contributed by atoms with Crippen molar-refractivity contribution in [2.24, 2.45) is 0 Å². The van der Waals surface area contributed by atoms with Crippen LogP contribution in [0.4, 0.5) is 5.69 Å². The SMILES string of the molecule is COCCNC(=O)CN(C)S(=O)(=O)c1ccc(Cl)cc1N. The van der Waals surface area contributed by atoms with Gasteiger partial charge in [-0.15, -0.1) is 0 Å². The highest BCUT2D eigenvalue weighted by molar-refractivity contribution is 7.89. The van der Waals surface area contributed by atoms with Crippen molar-refractivity contribution in [2.45, 2.75) is 4.90 Å². The number of rotatable bonds is 7. The molecule has 0 bridgehead atoms. The van der Waals surface area contributed by atoms with Crippen LogP contribution in [0.3, 0.4) is 0 Å². The number of hydrogen-bond donors (Lipinski definition) is 2. The first kappa shape index (κ1) is 17.7. The molecule has 0 spiro atoms. The number of hydrogen-bond acceptors (Lipinski definition) is 5. The lowest BCUT2D eigenvalue weighted by molar-refractivity contribution is -0.121. The predicted octanol–water partition coefficient (Wildman–Crippen LogP) is 0.305. The van der Waals surface area contributed by atoms with Gasteiger partial charge in [0.15, 0.2) is 0 Å². The molecule has 1 aromatic rings. The Kier molecular flexibility index (Phi) is 6.41. The summed E-state index contributed by atoms with van der Waals surface area (Å²) in [6.45, 7) is 0.354. The molecule has 0 saturated carbocycles. The number of anilines is 1.